The van der Waals surface area contributed by atoms with E-state index in [9.17, 15) is 0 Å². The van der Waals surface area contributed by atoms with Crippen LogP contribution in [0.4, 0.5) is 0 Å². The molecule has 0 aromatic carbocycles. The van der Waals surface area contributed by atoms with Crippen LogP contribution in [0.5, 0.6) is 0 Å². The van der Waals surface area contributed by atoms with Gasteiger partial charge in [-0.15, -0.1) is 0 Å². The van der Waals surface area contributed by atoms with E-state index in [1.54, 1.807) is 0 Å². The van der Waals surface area contributed by atoms with Crippen molar-refractivity contribution >= 4 is 62.1 Å². The van der Waals surface area contributed by atoms with Crippen molar-refractivity contribution in [2.45, 2.75) is 83.2 Å². The molecule has 22 heavy (non-hydrogen) atoms. The Morgan fingerprint density at radius 3 is 1.09 bits per heavy atom. The fraction of sp³-hybridized carbons (Fsp3) is 1.00. The minimum Gasteiger partial charge on any atom is -0.437 e. The summed E-state index contributed by atoms with van der Waals surface area (Å²) in [6.45, 7) is 24.6. The molecule has 2 nitrogen and oxygen atoms in total. The second-order valence-electron chi connectivity index (χ2n) is 9.45. The van der Waals surface area contributed by atoms with E-state index in [1.807, 2.05) is 0 Å². The number of hydrogen-bond acceptors (Lipinski definition) is 2. The maximum atomic E-state index is 6.86. The van der Waals surface area contributed by atoms with Crippen molar-refractivity contribution < 1.29 is 8.23 Å². The SMILES string of the molecule is C[Si](C)(C)O[Si](C)(CC([Si](C)(C)Cl)[Si](C)(C)Cl)O[Si](C)(C)C. The first-order valence-corrected chi connectivity index (χ1v) is 25.6. The Labute approximate surface area is 153 Å². The molecule has 0 N–H and O–H groups in total. The van der Waals surface area contributed by atoms with Gasteiger partial charge in [-0.3, -0.25) is 0 Å². The molecule has 0 atom stereocenters. The molecule has 0 aromatic heterocycles. The highest BCUT2D eigenvalue weighted by molar-refractivity contribution is 7.33. The van der Waals surface area contributed by atoms with Gasteiger partial charge in [0.1, 0.15) is 0 Å². The van der Waals surface area contributed by atoms with Crippen molar-refractivity contribution in [3.63, 3.8) is 0 Å². The zero-order chi connectivity index (χ0) is 18.2. The van der Waals surface area contributed by atoms with Crippen molar-refractivity contribution in [1.29, 1.82) is 0 Å². The predicted molar refractivity (Wildman–Crippen MR) is 116 cm³/mol. The van der Waals surface area contributed by atoms with E-state index in [2.05, 4.69) is 72.0 Å². The quantitative estimate of drug-likeness (QED) is 0.317. The van der Waals surface area contributed by atoms with Gasteiger partial charge in [0.05, 0.1) is 0 Å². The molecule has 0 amide bonds. The van der Waals surface area contributed by atoms with Crippen molar-refractivity contribution in [2.24, 2.45) is 0 Å². The summed E-state index contributed by atoms with van der Waals surface area (Å²) in [6.07, 6.45) is 0. The molecule has 0 fully saturated rings. The lowest BCUT2D eigenvalue weighted by atomic mass is 10.9. The topological polar surface area (TPSA) is 18.5 Å². The molecular weight excluding hydrogens is 399 g/mol. The van der Waals surface area contributed by atoms with Crippen LogP contribution >= 0.6 is 22.2 Å². The maximum Gasteiger partial charge on any atom is 0.314 e. The van der Waals surface area contributed by atoms with Crippen LogP contribution in [-0.4, -0.2) is 40.0 Å². The van der Waals surface area contributed by atoms with E-state index in [1.165, 1.54) is 0 Å². The van der Waals surface area contributed by atoms with E-state index in [-0.39, 0.29) is 0 Å². The molecule has 0 saturated heterocycles. The third-order valence-corrected chi connectivity index (χ3v) is 24.3. The van der Waals surface area contributed by atoms with Crippen LogP contribution < -0.4 is 0 Å². The lowest BCUT2D eigenvalue weighted by Crippen LogP contribution is -2.56. The fourth-order valence-electron chi connectivity index (χ4n) is 3.07. The molecule has 0 rings (SSSR count). The van der Waals surface area contributed by atoms with E-state index in [4.69, 9.17) is 30.4 Å². The smallest absolute Gasteiger partial charge is 0.314 e. The molecule has 0 aromatic rings. The van der Waals surface area contributed by atoms with Gasteiger partial charge in [0.15, 0.2) is 31.4 Å². The van der Waals surface area contributed by atoms with Crippen LogP contribution in [0.15, 0.2) is 0 Å². The van der Waals surface area contributed by atoms with E-state index in [0.29, 0.717) is 5.16 Å². The van der Waals surface area contributed by atoms with Crippen molar-refractivity contribution in [3.8, 4) is 0 Å². The second kappa shape index (κ2) is 7.45. The Morgan fingerprint density at radius 2 is 0.909 bits per heavy atom. The lowest BCUT2D eigenvalue weighted by molar-refractivity contribution is 0.384. The number of rotatable bonds is 8. The van der Waals surface area contributed by atoms with Crippen LogP contribution in [0.1, 0.15) is 0 Å². The lowest BCUT2D eigenvalue weighted by Gasteiger charge is -2.44. The van der Waals surface area contributed by atoms with Gasteiger partial charge >= 0.3 is 8.56 Å². The molecule has 0 bridgehead atoms. The average Bonchev–Trinajstić information content (AvgIpc) is 2.03. The Balaban J connectivity index is 5.60. The maximum absolute atomic E-state index is 6.86. The van der Waals surface area contributed by atoms with E-state index < -0.39 is 40.0 Å². The number of hydrogen-bond donors (Lipinski definition) is 0. The summed E-state index contributed by atoms with van der Waals surface area (Å²) >= 11 is 13.7. The van der Waals surface area contributed by atoms with Gasteiger partial charge in [0.25, 0.3) is 0 Å². The zero-order valence-corrected chi connectivity index (χ0v) is 22.9. The Morgan fingerprint density at radius 1 is 0.636 bits per heavy atom. The average molecular weight is 436 g/mol. The summed E-state index contributed by atoms with van der Waals surface area (Å²) in [7, 11) is -9.38. The van der Waals surface area contributed by atoms with Crippen molar-refractivity contribution in [2.75, 3.05) is 0 Å². The number of halogens is 2. The van der Waals surface area contributed by atoms with Gasteiger partial charge in [-0.25, -0.2) is 0 Å². The molecule has 0 radical (unpaired) electrons. The predicted octanol–water partition coefficient (Wildman–Crippen LogP) is 6.56. The highest BCUT2D eigenvalue weighted by atomic mass is 35.6. The first-order valence-electron chi connectivity index (χ1n) is 8.03. The summed E-state index contributed by atoms with van der Waals surface area (Å²) in [5, 5.41) is 0.396. The van der Waals surface area contributed by atoms with Gasteiger partial charge in [-0.05, 0) is 57.0 Å². The summed E-state index contributed by atoms with van der Waals surface area (Å²) in [5.74, 6) is 0. The largest absolute Gasteiger partial charge is 0.437 e. The molecular formula is C13H36Cl2O2Si5. The molecule has 0 spiro atoms. The molecule has 0 aliphatic rings. The fourth-order valence-corrected chi connectivity index (χ4v) is 34.8. The minimum atomic E-state index is -2.28. The standard InChI is InChI=1S/C13H36Cl2O2Si5/c1-18(2,3)16-22(11,17-19(4,5)6)12-13(20(7,8)14)21(9,10)15/h13H,12H2,1-11H3. The summed E-state index contributed by atoms with van der Waals surface area (Å²) in [4.78, 5) is 0. The van der Waals surface area contributed by atoms with E-state index in [0.717, 1.165) is 6.04 Å². The summed E-state index contributed by atoms with van der Waals surface area (Å²) in [5.41, 5.74) is 0. The molecule has 0 heterocycles. The molecule has 134 valence electrons. The Hall–Kier alpha value is 1.58. The van der Waals surface area contributed by atoms with Crippen molar-refractivity contribution in [3.05, 3.63) is 0 Å². The van der Waals surface area contributed by atoms with Crippen LogP contribution in [0.25, 0.3) is 0 Å². The zero-order valence-electron chi connectivity index (χ0n) is 16.4. The van der Waals surface area contributed by atoms with Gasteiger partial charge in [-0.2, -0.15) is 22.2 Å². The molecule has 9 heteroatoms. The minimum absolute atomic E-state index is 0.396. The van der Waals surface area contributed by atoms with Crippen LogP contribution in [0.3, 0.4) is 0 Å². The molecule has 0 aliphatic heterocycles. The van der Waals surface area contributed by atoms with Crippen LogP contribution in [0, 0.1) is 0 Å². The van der Waals surface area contributed by atoms with Crippen molar-refractivity contribution in [1.82, 2.24) is 0 Å². The van der Waals surface area contributed by atoms with Crippen LogP contribution in [-0.2, 0) is 8.23 Å². The monoisotopic (exact) mass is 434 g/mol. The van der Waals surface area contributed by atoms with Crippen LogP contribution in [0.2, 0.25) is 83.2 Å². The van der Waals surface area contributed by atoms with Gasteiger partial charge in [0, 0.05) is 0 Å². The molecule has 0 aliphatic carbocycles. The normalized spacial score (nSPS) is 15.5. The highest BCUT2D eigenvalue weighted by Crippen LogP contribution is 2.44. The van der Waals surface area contributed by atoms with Gasteiger partial charge < -0.3 is 8.23 Å². The first kappa shape index (κ1) is 23.6. The third kappa shape index (κ3) is 9.78. The molecule has 0 unspecified atom stereocenters. The Kier molecular flexibility index (Phi) is 7.99. The molecule has 0 saturated carbocycles. The second-order valence-corrected chi connectivity index (χ2v) is 36.3. The first-order chi connectivity index (χ1) is 9.25. The van der Waals surface area contributed by atoms with E-state index >= 15 is 0 Å². The van der Waals surface area contributed by atoms with Gasteiger partial charge in [0.2, 0.25) is 0 Å². The van der Waals surface area contributed by atoms with Gasteiger partial charge in [-0.1, -0.05) is 26.2 Å². The summed E-state index contributed by atoms with van der Waals surface area (Å²) in [6, 6.07) is 0.951. The third-order valence-electron chi connectivity index (χ3n) is 3.28. The highest BCUT2D eigenvalue weighted by Gasteiger charge is 2.50. The Bertz CT molecular complexity index is 337. The summed E-state index contributed by atoms with van der Waals surface area (Å²) < 4.78 is 13.3.